The van der Waals surface area contributed by atoms with Crippen LogP contribution in [0.5, 0.6) is 5.88 Å². The number of nitrogens with zero attached hydrogens (tertiary/aromatic N) is 2. The number of fused-ring (bicyclic) bond motifs is 2. The molecule has 1 aliphatic carbocycles. The van der Waals surface area contributed by atoms with Crippen LogP contribution in [0.25, 0.3) is 0 Å². The van der Waals surface area contributed by atoms with Crippen LogP contribution in [0.4, 0.5) is 0 Å². The first-order chi connectivity index (χ1) is 8.25. The molecule has 0 radical (unpaired) electrons. The Morgan fingerprint density at radius 3 is 2.88 bits per heavy atom. The van der Waals surface area contributed by atoms with Crippen LogP contribution in [0.2, 0.25) is 0 Å². The van der Waals surface area contributed by atoms with Crippen molar-refractivity contribution in [2.45, 2.75) is 44.9 Å². The third-order valence-corrected chi connectivity index (χ3v) is 4.11. The lowest BCUT2D eigenvalue weighted by molar-refractivity contribution is 0.122. The third-order valence-electron chi connectivity index (χ3n) is 4.11. The smallest absolute Gasteiger partial charge is 0.213 e. The van der Waals surface area contributed by atoms with E-state index in [1.54, 1.807) is 6.20 Å². The predicted molar refractivity (Wildman–Crippen MR) is 67.0 cm³/mol. The summed E-state index contributed by atoms with van der Waals surface area (Å²) in [6.07, 6.45) is 4.74. The summed E-state index contributed by atoms with van der Waals surface area (Å²) in [6, 6.07) is 7.09. The van der Waals surface area contributed by atoms with Crippen LogP contribution in [-0.4, -0.2) is 34.6 Å². The largest absolute Gasteiger partial charge is 0.472 e. The zero-order valence-electron chi connectivity index (χ0n) is 10.5. The lowest BCUT2D eigenvalue weighted by Gasteiger charge is -2.30. The highest BCUT2D eigenvalue weighted by atomic mass is 16.5. The summed E-state index contributed by atoms with van der Waals surface area (Å²) in [5, 5.41) is 0. The Bertz CT molecular complexity index is 379. The molecule has 1 aliphatic heterocycles. The molecule has 0 aromatic carbocycles. The molecule has 0 spiro atoms. The minimum Gasteiger partial charge on any atom is -0.472 e. The van der Waals surface area contributed by atoms with E-state index in [1.165, 1.54) is 19.4 Å². The van der Waals surface area contributed by atoms with Crippen LogP contribution in [0.3, 0.4) is 0 Å². The maximum absolute atomic E-state index is 6.09. The second kappa shape index (κ2) is 4.30. The number of rotatable bonds is 3. The number of aromatic nitrogens is 1. The van der Waals surface area contributed by atoms with Crippen LogP contribution >= 0.6 is 0 Å². The lowest BCUT2D eigenvalue weighted by Crippen LogP contribution is -2.40. The molecule has 1 aromatic heterocycles. The molecule has 2 aliphatic rings. The van der Waals surface area contributed by atoms with Gasteiger partial charge in [-0.1, -0.05) is 6.07 Å². The number of ether oxygens (including phenoxy) is 1. The van der Waals surface area contributed by atoms with Gasteiger partial charge >= 0.3 is 0 Å². The molecule has 3 rings (SSSR count). The molecule has 3 heteroatoms. The number of pyridine rings is 1. The molecule has 2 fully saturated rings. The summed E-state index contributed by atoms with van der Waals surface area (Å²) in [4.78, 5) is 6.85. The highest BCUT2D eigenvalue weighted by Crippen LogP contribution is 2.40. The Kier molecular flexibility index (Phi) is 2.79. The van der Waals surface area contributed by atoms with E-state index in [2.05, 4.69) is 23.7 Å². The fourth-order valence-electron chi connectivity index (χ4n) is 3.31. The third kappa shape index (κ3) is 1.93. The molecular formula is C14H20N2O. The van der Waals surface area contributed by atoms with E-state index in [0.717, 1.165) is 5.88 Å². The maximum atomic E-state index is 6.09. The highest BCUT2D eigenvalue weighted by molar-refractivity contribution is 5.12. The summed E-state index contributed by atoms with van der Waals surface area (Å²) < 4.78 is 6.09. The summed E-state index contributed by atoms with van der Waals surface area (Å²) in [7, 11) is 0. The standard InChI is InChI=1S/C14H20N2O/c1-10(2)16-9-11-6-7-12(16)14(11)17-13-5-3-4-8-15-13/h3-5,8,10-12,14H,6-7,9H2,1-2H3. The van der Waals surface area contributed by atoms with E-state index in [4.69, 9.17) is 4.74 Å². The number of piperidine rings is 1. The van der Waals surface area contributed by atoms with E-state index in [0.29, 0.717) is 24.1 Å². The normalized spacial score (nSPS) is 32.3. The number of likely N-dealkylation sites (tertiary alicyclic amines) is 1. The van der Waals surface area contributed by atoms with E-state index < -0.39 is 0 Å². The van der Waals surface area contributed by atoms with Gasteiger partial charge < -0.3 is 4.74 Å². The highest BCUT2D eigenvalue weighted by Gasteiger charge is 2.49. The molecule has 1 saturated carbocycles. The van der Waals surface area contributed by atoms with Crippen molar-refractivity contribution in [3.8, 4) is 5.88 Å². The van der Waals surface area contributed by atoms with Gasteiger partial charge in [-0.3, -0.25) is 4.90 Å². The van der Waals surface area contributed by atoms with E-state index in [1.807, 2.05) is 18.2 Å². The number of hydrogen-bond acceptors (Lipinski definition) is 3. The van der Waals surface area contributed by atoms with Crippen molar-refractivity contribution in [2.24, 2.45) is 5.92 Å². The molecule has 2 bridgehead atoms. The molecule has 1 saturated heterocycles. The van der Waals surface area contributed by atoms with Crippen molar-refractivity contribution in [2.75, 3.05) is 6.54 Å². The molecule has 3 atom stereocenters. The van der Waals surface area contributed by atoms with Crippen molar-refractivity contribution >= 4 is 0 Å². The quantitative estimate of drug-likeness (QED) is 0.799. The molecule has 3 nitrogen and oxygen atoms in total. The average Bonchev–Trinajstić information content (AvgIpc) is 2.88. The molecule has 3 unspecified atom stereocenters. The second-order valence-electron chi connectivity index (χ2n) is 5.45. The Morgan fingerprint density at radius 2 is 2.24 bits per heavy atom. The first kappa shape index (κ1) is 11.0. The van der Waals surface area contributed by atoms with Crippen molar-refractivity contribution in [1.29, 1.82) is 0 Å². The zero-order valence-corrected chi connectivity index (χ0v) is 10.5. The minimum absolute atomic E-state index is 0.354. The number of hydrogen-bond donors (Lipinski definition) is 0. The van der Waals surface area contributed by atoms with Crippen molar-refractivity contribution in [1.82, 2.24) is 9.88 Å². The van der Waals surface area contributed by atoms with Gasteiger partial charge in [0.15, 0.2) is 0 Å². The topological polar surface area (TPSA) is 25.4 Å². The summed E-state index contributed by atoms with van der Waals surface area (Å²) in [5.41, 5.74) is 0. The molecule has 92 valence electrons. The van der Waals surface area contributed by atoms with Crippen molar-refractivity contribution in [3.05, 3.63) is 24.4 Å². The maximum Gasteiger partial charge on any atom is 0.213 e. The Balaban J connectivity index is 1.73. The van der Waals surface area contributed by atoms with Crippen molar-refractivity contribution in [3.63, 3.8) is 0 Å². The Labute approximate surface area is 103 Å². The lowest BCUT2D eigenvalue weighted by atomic mass is 10.1. The minimum atomic E-state index is 0.354. The molecular weight excluding hydrogens is 212 g/mol. The van der Waals surface area contributed by atoms with Gasteiger partial charge in [0.25, 0.3) is 0 Å². The van der Waals surface area contributed by atoms with Crippen LogP contribution in [0, 0.1) is 5.92 Å². The van der Waals surface area contributed by atoms with Gasteiger partial charge in [-0.25, -0.2) is 4.98 Å². The Hall–Kier alpha value is -1.09. The fraction of sp³-hybridized carbons (Fsp3) is 0.643. The van der Waals surface area contributed by atoms with Crippen LogP contribution in [0.15, 0.2) is 24.4 Å². The molecule has 2 heterocycles. The van der Waals surface area contributed by atoms with Gasteiger partial charge in [0.2, 0.25) is 5.88 Å². The van der Waals surface area contributed by atoms with Crippen LogP contribution in [0.1, 0.15) is 26.7 Å². The van der Waals surface area contributed by atoms with E-state index >= 15 is 0 Å². The predicted octanol–water partition coefficient (Wildman–Crippen LogP) is 2.33. The summed E-state index contributed by atoms with van der Waals surface area (Å²) >= 11 is 0. The second-order valence-corrected chi connectivity index (χ2v) is 5.45. The van der Waals surface area contributed by atoms with Gasteiger partial charge in [-0.05, 0) is 32.8 Å². The van der Waals surface area contributed by atoms with E-state index in [9.17, 15) is 0 Å². The monoisotopic (exact) mass is 232 g/mol. The van der Waals surface area contributed by atoms with Crippen molar-refractivity contribution < 1.29 is 4.74 Å². The first-order valence-electron chi connectivity index (χ1n) is 6.59. The fourth-order valence-corrected chi connectivity index (χ4v) is 3.31. The zero-order chi connectivity index (χ0) is 11.8. The summed E-state index contributed by atoms with van der Waals surface area (Å²) in [5.74, 6) is 1.48. The first-order valence-corrected chi connectivity index (χ1v) is 6.59. The average molecular weight is 232 g/mol. The Morgan fingerprint density at radius 1 is 1.35 bits per heavy atom. The van der Waals surface area contributed by atoms with E-state index in [-0.39, 0.29) is 0 Å². The van der Waals surface area contributed by atoms with Gasteiger partial charge in [-0.15, -0.1) is 0 Å². The molecule has 0 amide bonds. The van der Waals surface area contributed by atoms with Crippen LogP contribution < -0.4 is 4.74 Å². The molecule has 1 aromatic rings. The molecule has 0 N–H and O–H groups in total. The van der Waals surface area contributed by atoms with Gasteiger partial charge in [-0.2, -0.15) is 0 Å². The molecule has 17 heavy (non-hydrogen) atoms. The van der Waals surface area contributed by atoms with Gasteiger partial charge in [0.05, 0.1) is 0 Å². The van der Waals surface area contributed by atoms with Crippen LogP contribution in [-0.2, 0) is 0 Å². The van der Waals surface area contributed by atoms with Gasteiger partial charge in [0.1, 0.15) is 6.10 Å². The SMILES string of the molecule is CC(C)N1CC2CCC1C2Oc1ccccn1. The summed E-state index contributed by atoms with van der Waals surface area (Å²) in [6.45, 7) is 5.75. The van der Waals surface area contributed by atoms with Gasteiger partial charge in [0, 0.05) is 36.8 Å².